The van der Waals surface area contributed by atoms with Crippen LogP contribution < -0.4 is 10.6 Å². The largest absolute Gasteiger partial charge is 0.325 e. The first-order chi connectivity index (χ1) is 14.7. The van der Waals surface area contributed by atoms with Crippen molar-refractivity contribution in [3.05, 3.63) is 65.4 Å². The van der Waals surface area contributed by atoms with E-state index in [0.29, 0.717) is 11.9 Å². The molecule has 1 aliphatic rings. The van der Waals surface area contributed by atoms with E-state index in [4.69, 9.17) is 9.97 Å². The van der Waals surface area contributed by atoms with Gasteiger partial charge in [-0.1, -0.05) is 32.0 Å². The number of hydrogen-bond acceptors (Lipinski definition) is 5. The lowest BCUT2D eigenvalue weighted by Gasteiger charge is -2.13. The fraction of sp³-hybridized carbons (Fsp3) is 0.292. The monoisotopic (exact) mass is 398 g/mol. The third kappa shape index (κ3) is 3.73. The quantitative estimate of drug-likeness (QED) is 0.364. The van der Waals surface area contributed by atoms with Gasteiger partial charge in [-0.2, -0.15) is 10.1 Å². The summed E-state index contributed by atoms with van der Waals surface area (Å²) in [4.78, 5) is 9.50. The van der Waals surface area contributed by atoms with Crippen molar-refractivity contribution in [2.45, 2.75) is 45.4 Å². The summed E-state index contributed by atoms with van der Waals surface area (Å²) in [7, 11) is 0. The predicted octanol–water partition coefficient (Wildman–Crippen LogP) is 5.84. The van der Waals surface area contributed by atoms with Crippen molar-refractivity contribution in [2.75, 3.05) is 10.6 Å². The molecular formula is C24H26N6. The van der Waals surface area contributed by atoms with E-state index in [2.05, 4.69) is 58.9 Å². The van der Waals surface area contributed by atoms with Gasteiger partial charge in [0.25, 0.3) is 0 Å². The highest BCUT2D eigenvalue weighted by Crippen LogP contribution is 2.39. The maximum absolute atomic E-state index is 4.78. The molecule has 1 saturated carbocycles. The molecule has 6 nitrogen and oxygen atoms in total. The molecule has 1 fully saturated rings. The number of benzene rings is 2. The van der Waals surface area contributed by atoms with Crippen molar-refractivity contribution in [2.24, 2.45) is 0 Å². The van der Waals surface area contributed by atoms with E-state index >= 15 is 0 Å². The standard InChI is InChI=1S/C24H26N6/c1-3-15-11-12-18(13-16(15)4-2)25-24-26-20-8-6-5-7-19(20)23(28-24)27-22-14-21(29-30-22)17-9-10-17/h5-8,11-14,17H,3-4,9-10H2,1-2H3,(H3,25,26,27,28,29,30). The van der Waals surface area contributed by atoms with Crippen LogP contribution in [0.1, 0.15) is 49.4 Å². The first-order valence-corrected chi connectivity index (χ1v) is 10.7. The van der Waals surface area contributed by atoms with E-state index in [1.165, 1.54) is 24.0 Å². The van der Waals surface area contributed by atoms with Gasteiger partial charge < -0.3 is 10.6 Å². The lowest BCUT2D eigenvalue weighted by Crippen LogP contribution is -2.03. The number of nitrogens with one attached hydrogen (secondary N) is 3. The van der Waals surface area contributed by atoms with Gasteiger partial charge in [-0.05, 0) is 61.1 Å². The van der Waals surface area contributed by atoms with Crippen LogP contribution in [-0.2, 0) is 12.8 Å². The summed E-state index contributed by atoms with van der Waals surface area (Å²) >= 11 is 0. The minimum absolute atomic E-state index is 0.574. The van der Waals surface area contributed by atoms with Crippen molar-refractivity contribution in [1.82, 2.24) is 20.2 Å². The molecule has 0 atom stereocenters. The number of aryl methyl sites for hydroxylation is 2. The van der Waals surface area contributed by atoms with Gasteiger partial charge in [0.2, 0.25) is 5.95 Å². The highest BCUT2D eigenvalue weighted by Gasteiger charge is 2.26. The lowest BCUT2D eigenvalue weighted by atomic mass is 10.0. The minimum Gasteiger partial charge on any atom is -0.325 e. The SMILES string of the molecule is CCc1ccc(Nc2nc(Nc3cc(C4CC4)n[nH]3)c3ccccc3n2)cc1CC. The Balaban J connectivity index is 1.48. The highest BCUT2D eigenvalue weighted by atomic mass is 15.2. The van der Waals surface area contributed by atoms with Gasteiger partial charge in [-0.3, -0.25) is 5.10 Å². The van der Waals surface area contributed by atoms with Crippen molar-refractivity contribution < 1.29 is 0 Å². The zero-order valence-electron chi connectivity index (χ0n) is 17.4. The number of aromatic nitrogens is 4. The first kappa shape index (κ1) is 18.6. The maximum Gasteiger partial charge on any atom is 0.229 e. The van der Waals surface area contributed by atoms with Crippen LogP contribution in [0.15, 0.2) is 48.5 Å². The molecule has 0 saturated heterocycles. The molecule has 4 aromatic rings. The summed E-state index contributed by atoms with van der Waals surface area (Å²) < 4.78 is 0. The van der Waals surface area contributed by atoms with Crippen molar-refractivity contribution in [3.63, 3.8) is 0 Å². The second-order valence-electron chi connectivity index (χ2n) is 7.83. The van der Waals surface area contributed by atoms with Crippen LogP contribution in [0.5, 0.6) is 0 Å². The lowest BCUT2D eigenvalue weighted by molar-refractivity contribution is 0.966. The van der Waals surface area contributed by atoms with Crippen molar-refractivity contribution in [1.29, 1.82) is 0 Å². The Morgan fingerprint density at radius 1 is 0.933 bits per heavy atom. The zero-order valence-corrected chi connectivity index (χ0v) is 17.4. The molecule has 2 aromatic carbocycles. The van der Waals surface area contributed by atoms with E-state index in [-0.39, 0.29) is 0 Å². The molecule has 0 bridgehead atoms. The summed E-state index contributed by atoms with van der Waals surface area (Å²) in [5, 5.41) is 15.3. The number of para-hydroxylation sites is 1. The number of hydrogen-bond donors (Lipinski definition) is 3. The van der Waals surface area contributed by atoms with Crippen molar-refractivity contribution in [3.8, 4) is 0 Å². The number of rotatable bonds is 7. The van der Waals surface area contributed by atoms with Crippen LogP contribution in [0.4, 0.5) is 23.3 Å². The molecule has 0 radical (unpaired) electrons. The molecule has 2 aromatic heterocycles. The smallest absolute Gasteiger partial charge is 0.229 e. The summed E-state index contributed by atoms with van der Waals surface area (Å²) in [6.45, 7) is 4.38. The van der Waals surface area contributed by atoms with Gasteiger partial charge in [0.15, 0.2) is 0 Å². The first-order valence-electron chi connectivity index (χ1n) is 10.7. The summed E-state index contributed by atoms with van der Waals surface area (Å²) in [5.74, 6) is 2.79. The molecule has 152 valence electrons. The van der Waals surface area contributed by atoms with Crippen LogP contribution in [0.3, 0.4) is 0 Å². The fourth-order valence-corrected chi connectivity index (χ4v) is 3.85. The van der Waals surface area contributed by atoms with Gasteiger partial charge in [-0.25, -0.2) is 4.98 Å². The Labute approximate surface area is 176 Å². The van der Waals surface area contributed by atoms with Crippen LogP contribution >= 0.6 is 0 Å². The number of nitrogens with zero attached hydrogens (tertiary/aromatic N) is 3. The fourth-order valence-electron chi connectivity index (χ4n) is 3.85. The summed E-state index contributed by atoms with van der Waals surface area (Å²) in [6, 6.07) is 16.6. The number of anilines is 4. The molecule has 0 aliphatic heterocycles. The van der Waals surface area contributed by atoms with E-state index in [0.717, 1.165) is 46.8 Å². The molecule has 0 unspecified atom stereocenters. The third-order valence-electron chi connectivity index (χ3n) is 5.67. The number of aromatic amines is 1. The zero-order chi connectivity index (χ0) is 20.5. The van der Waals surface area contributed by atoms with E-state index in [9.17, 15) is 0 Å². The predicted molar refractivity (Wildman–Crippen MR) is 122 cm³/mol. The molecule has 30 heavy (non-hydrogen) atoms. The Morgan fingerprint density at radius 3 is 2.57 bits per heavy atom. The van der Waals surface area contributed by atoms with E-state index < -0.39 is 0 Å². The third-order valence-corrected chi connectivity index (χ3v) is 5.67. The van der Waals surface area contributed by atoms with Gasteiger partial charge >= 0.3 is 0 Å². The second-order valence-corrected chi connectivity index (χ2v) is 7.83. The number of fused-ring (bicyclic) bond motifs is 1. The Kier molecular flexibility index (Phi) is 4.83. The van der Waals surface area contributed by atoms with E-state index in [1.54, 1.807) is 0 Å². The molecule has 0 spiro atoms. The Bertz CT molecular complexity index is 1190. The van der Waals surface area contributed by atoms with Crippen LogP contribution in [0, 0.1) is 0 Å². The summed E-state index contributed by atoms with van der Waals surface area (Å²) in [6.07, 6.45) is 4.50. The molecule has 5 rings (SSSR count). The van der Waals surface area contributed by atoms with Gasteiger partial charge in [0, 0.05) is 23.1 Å². The molecule has 1 aliphatic carbocycles. The second kappa shape index (κ2) is 7.78. The minimum atomic E-state index is 0.574. The summed E-state index contributed by atoms with van der Waals surface area (Å²) in [5.41, 5.74) is 5.75. The van der Waals surface area contributed by atoms with Gasteiger partial charge in [0.1, 0.15) is 11.6 Å². The molecule has 2 heterocycles. The molecule has 3 N–H and O–H groups in total. The number of H-pyrrole nitrogens is 1. The molecular weight excluding hydrogens is 372 g/mol. The highest BCUT2D eigenvalue weighted by molar-refractivity contribution is 5.91. The van der Waals surface area contributed by atoms with E-state index in [1.807, 2.05) is 24.3 Å². The topological polar surface area (TPSA) is 78.5 Å². The van der Waals surface area contributed by atoms with Crippen molar-refractivity contribution >= 4 is 34.2 Å². The van der Waals surface area contributed by atoms with Gasteiger partial charge in [-0.15, -0.1) is 0 Å². The average molecular weight is 399 g/mol. The normalized spacial score (nSPS) is 13.5. The average Bonchev–Trinajstić information content (AvgIpc) is 3.52. The maximum atomic E-state index is 4.78. The van der Waals surface area contributed by atoms with Crippen LogP contribution in [-0.4, -0.2) is 20.2 Å². The Hall–Kier alpha value is -3.41. The van der Waals surface area contributed by atoms with Gasteiger partial charge in [0.05, 0.1) is 11.2 Å². The molecule has 6 heteroatoms. The molecule has 0 amide bonds. The Morgan fingerprint density at radius 2 is 1.77 bits per heavy atom. The van der Waals surface area contributed by atoms with Crippen LogP contribution in [0.2, 0.25) is 0 Å². The van der Waals surface area contributed by atoms with Crippen LogP contribution in [0.25, 0.3) is 10.9 Å².